The molecular formula is C42H82NO8P. The first-order valence-electron chi connectivity index (χ1n) is 23.0. The van der Waals surface area contributed by atoms with Gasteiger partial charge in [0, 0.05) is 12.8 Å². The summed E-state index contributed by atoms with van der Waals surface area (Å²) >= 11 is 0. The van der Waals surface area contributed by atoms with E-state index in [9.17, 15) is 19.0 Å². The Labute approximate surface area is 326 Å². The van der Waals surface area contributed by atoms with Crippen molar-refractivity contribution in [2.45, 2.75) is 200 Å². The molecule has 0 amide bonds. The fourth-order valence-corrected chi connectivity index (χ4v) is 6.21. The summed E-state index contributed by atoms with van der Waals surface area (Å²) in [5, 5.41) is 0. The predicted molar refractivity (Wildman–Crippen MR) is 213 cm³/mol. The predicted octanol–water partition coefficient (Wildman–Crippen LogP) is 11.2. The molecule has 2 atom stereocenters. The first-order chi connectivity index (χ1) is 26.5. The van der Waals surface area contributed by atoms with Gasteiger partial charge >= 0.3 is 11.9 Å². The molecule has 0 aromatic carbocycles. The number of phosphoric acid groups is 1. The highest BCUT2D eigenvalue weighted by molar-refractivity contribution is 7.45. The summed E-state index contributed by atoms with van der Waals surface area (Å²) in [6.07, 6.45) is 33.4. The number of likely N-dealkylation sites (N-methyl/N-ethyl adjacent to an activating group) is 1. The Balaban J connectivity index is 4.74. The molecule has 0 spiro atoms. The number of esters is 2. The van der Waals surface area contributed by atoms with Gasteiger partial charge in [-0.15, -0.1) is 0 Å². The maximum atomic E-state index is 12.7. The van der Waals surface area contributed by atoms with E-state index in [-0.39, 0.29) is 12.8 Å². The molecule has 0 aromatic rings. The van der Waals surface area contributed by atoms with Crippen molar-refractivity contribution < 1.29 is 47.5 Å². The van der Waals surface area contributed by atoms with Crippen molar-refractivity contribution in [2.24, 2.45) is 0 Å². The SMILES string of the molecule is [2H]C([2H])(OP(=O)([O-])OC[C@@H](COC(=O)CCCCCCCCCCCCCCC)OC(=O)CCCCCCC/C=C\CCCCCCCC)C([2H])([2H])[N+](C)(C)C. The Hall–Kier alpha value is -1.25. The van der Waals surface area contributed by atoms with Crippen LogP contribution in [0.25, 0.3) is 0 Å². The topological polar surface area (TPSA) is 111 Å². The Kier molecular flexibility index (Phi) is 29.6. The highest BCUT2D eigenvalue weighted by atomic mass is 31.2. The van der Waals surface area contributed by atoms with Crippen LogP contribution < -0.4 is 4.89 Å². The molecule has 0 bridgehead atoms. The molecule has 52 heavy (non-hydrogen) atoms. The average molecular weight is 764 g/mol. The smallest absolute Gasteiger partial charge is 0.306 e. The summed E-state index contributed by atoms with van der Waals surface area (Å²) in [5.41, 5.74) is 0. The van der Waals surface area contributed by atoms with Crippen LogP contribution in [-0.2, 0) is 32.7 Å². The zero-order valence-corrected chi connectivity index (χ0v) is 35.0. The number of ether oxygens (including phenoxy) is 2. The van der Waals surface area contributed by atoms with Crippen molar-refractivity contribution in [1.29, 1.82) is 0 Å². The number of unbranched alkanes of at least 4 members (excludes halogenated alkanes) is 23. The van der Waals surface area contributed by atoms with E-state index in [1.54, 1.807) is 0 Å². The van der Waals surface area contributed by atoms with Gasteiger partial charge in [-0.1, -0.05) is 154 Å². The minimum Gasteiger partial charge on any atom is -0.756 e. The Morgan fingerprint density at radius 1 is 0.615 bits per heavy atom. The van der Waals surface area contributed by atoms with E-state index < -0.39 is 56.6 Å². The fraction of sp³-hybridized carbons (Fsp3) is 0.905. The van der Waals surface area contributed by atoms with E-state index in [0.29, 0.717) is 12.8 Å². The van der Waals surface area contributed by atoms with Crippen molar-refractivity contribution in [1.82, 2.24) is 0 Å². The fourth-order valence-electron chi connectivity index (χ4n) is 5.66. The Morgan fingerprint density at radius 2 is 1.02 bits per heavy atom. The van der Waals surface area contributed by atoms with E-state index in [4.69, 9.17) is 19.5 Å². The standard InChI is InChI=1S/C42H82NO8P/c1-6-8-10-12-14-16-18-20-21-23-25-27-29-31-33-35-42(45)51-40(39-50-52(46,47)49-37-36-43(3,4)5)38-48-41(44)34-32-30-28-26-24-22-19-17-15-13-11-9-7-2/h20-21,40H,6-19,22-39H2,1-5H3/b21-20-/t40-/m1/s1/i36D2,37D2. The van der Waals surface area contributed by atoms with Crippen LogP contribution in [0.5, 0.6) is 0 Å². The van der Waals surface area contributed by atoms with Gasteiger partial charge < -0.3 is 27.9 Å². The Morgan fingerprint density at radius 3 is 1.46 bits per heavy atom. The highest BCUT2D eigenvalue weighted by Crippen LogP contribution is 2.38. The zero-order valence-electron chi connectivity index (χ0n) is 38.1. The van der Waals surface area contributed by atoms with E-state index in [2.05, 4.69) is 30.5 Å². The minimum atomic E-state index is -5.43. The van der Waals surface area contributed by atoms with Crippen molar-refractivity contribution in [2.75, 3.05) is 47.4 Å². The van der Waals surface area contributed by atoms with Crippen molar-refractivity contribution in [3.05, 3.63) is 12.2 Å². The molecule has 9 nitrogen and oxygen atoms in total. The number of carbonyl (C=O) groups is 2. The second-order valence-electron chi connectivity index (χ2n) is 15.2. The molecule has 0 aliphatic carbocycles. The monoisotopic (exact) mass is 764 g/mol. The minimum absolute atomic E-state index is 0.0966. The number of carbonyl (C=O) groups excluding carboxylic acids is 2. The lowest BCUT2D eigenvalue weighted by molar-refractivity contribution is -0.870. The van der Waals surface area contributed by atoms with Gasteiger partial charge in [0.2, 0.25) is 0 Å². The van der Waals surface area contributed by atoms with Crippen LogP contribution in [-0.4, -0.2) is 69.9 Å². The molecular weight excluding hydrogens is 677 g/mol. The molecule has 0 N–H and O–H groups in total. The first kappa shape index (κ1) is 43.5. The molecule has 0 radical (unpaired) electrons. The number of hydrogen-bond donors (Lipinski definition) is 0. The van der Waals surface area contributed by atoms with Crippen molar-refractivity contribution >= 4 is 19.8 Å². The largest absolute Gasteiger partial charge is 0.756 e. The molecule has 0 saturated heterocycles. The maximum Gasteiger partial charge on any atom is 0.306 e. The van der Waals surface area contributed by atoms with Gasteiger partial charge in [-0.25, -0.2) is 0 Å². The van der Waals surface area contributed by atoms with Crippen LogP contribution in [0.2, 0.25) is 0 Å². The van der Waals surface area contributed by atoms with Gasteiger partial charge in [0.1, 0.15) is 19.7 Å². The second kappa shape index (κ2) is 35.5. The molecule has 0 fully saturated rings. The molecule has 0 aliphatic heterocycles. The quantitative estimate of drug-likeness (QED) is 0.0200. The average Bonchev–Trinajstić information content (AvgIpc) is 3.12. The van der Waals surface area contributed by atoms with Crippen LogP contribution in [0.1, 0.15) is 199 Å². The summed E-state index contributed by atoms with van der Waals surface area (Å²) in [4.78, 5) is 37.9. The number of phosphoric ester groups is 1. The van der Waals surface area contributed by atoms with Gasteiger partial charge in [-0.05, 0) is 38.5 Å². The van der Waals surface area contributed by atoms with Gasteiger partial charge in [0.05, 0.1) is 33.2 Å². The maximum absolute atomic E-state index is 12.7. The number of quaternary nitrogens is 1. The van der Waals surface area contributed by atoms with Crippen molar-refractivity contribution in [3.8, 4) is 0 Å². The van der Waals surface area contributed by atoms with E-state index in [1.807, 2.05) is 0 Å². The van der Waals surface area contributed by atoms with Crippen LogP contribution in [0, 0.1) is 0 Å². The number of hydrogen-bond acceptors (Lipinski definition) is 8. The third kappa shape index (κ3) is 38.5. The van der Waals surface area contributed by atoms with Gasteiger partial charge in [0.15, 0.2) is 6.10 Å². The number of allylic oxidation sites excluding steroid dienone is 2. The third-order valence-corrected chi connectivity index (χ3v) is 9.59. The van der Waals surface area contributed by atoms with E-state index in [1.165, 1.54) is 117 Å². The molecule has 0 saturated carbocycles. The third-order valence-electron chi connectivity index (χ3n) is 8.81. The lowest BCUT2D eigenvalue weighted by Crippen LogP contribution is -2.37. The molecule has 10 heteroatoms. The molecule has 0 heterocycles. The number of nitrogens with zero attached hydrogens (tertiary/aromatic N) is 1. The molecule has 308 valence electrons. The summed E-state index contributed by atoms with van der Waals surface area (Å²) < 4.78 is 64.5. The summed E-state index contributed by atoms with van der Waals surface area (Å²) in [6.45, 7) is -2.81. The Bertz CT molecular complexity index is 1070. The highest BCUT2D eigenvalue weighted by Gasteiger charge is 2.21. The van der Waals surface area contributed by atoms with Gasteiger partial charge in [-0.2, -0.15) is 0 Å². The van der Waals surface area contributed by atoms with Crippen LogP contribution >= 0.6 is 7.82 Å². The molecule has 0 rings (SSSR count). The van der Waals surface area contributed by atoms with E-state index >= 15 is 0 Å². The normalized spacial score (nSPS) is 15.4. The lowest BCUT2D eigenvalue weighted by Gasteiger charge is -2.28. The van der Waals surface area contributed by atoms with Crippen LogP contribution in [0.15, 0.2) is 12.2 Å². The van der Waals surface area contributed by atoms with Crippen LogP contribution in [0.4, 0.5) is 0 Å². The summed E-state index contributed by atoms with van der Waals surface area (Å²) in [7, 11) is -1.36. The molecule has 0 aromatic heterocycles. The van der Waals surface area contributed by atoms with Gasteiger partial charge in [-0.3, -0.25) is 14.2 Å². The zero-order chi connectivity index (χ0) is 42.2. The van der Waals surface area contributed by atoms with E-state index in [0.717, 1.165) is 57.8 Å². The number of rotatable bonds is 39. The molecule has 0 aliphatic rings. The molecule has 1 unspecified atom stereocenters. The first-order valence-corrected chi connectivity index (χ1v) is 22.4. The summed E-state index contributed by atoms with van der Waals surface area (Å²) in [6, 6.07) is 0. The van der Waals surface area contributed by atoms with Gasteiger partial charge in [0.25, 0.3) is 7.82 Å². The van der Waals surface area contributed by atoms with Crippen LogP contribution in [0.3, 0.4) is 0 Å². The second-order valence-corrected chi connectivity index (χ2v) is 16.5. The summed E-state index contributed by atoms with van der Waals surface area (Å²) in [5.74, 6) is -1.09. The van der Waals surface area contributed by atoms with Crippen molar-refractivity contribution in [3.63, 3.8) is 0 Å². The lowest BCUT2D eigenvalue weighted by atomic mass is 10.0.